The van der Waals surface area contributed by atoms with E-state index < -0.39 is 15.4 Å². The molecular formula is C14H30N2O4S. The average molecular weight is 322 g/mol. The second-order valence-electron chi connectivity index (χ2n) is 6.03. The third-order valence-corrected chi connectivity index (χ3v) is 4.09. The summed E-state index contributed by atoms with van der Waals surface area (Å²) in [4.78, 5) is 14.0. The molecule has 0 aromatic rings. The highest BCUT2D eigenvalue weighted by Crippen LogP contribution is 2.14. The predicted octanol–water partition coefficient (Wildman–Crippen LogP) is 0.673. The number of ether oxygens (including phenoxy) is 1. The fourth-order valence-corrected chi connectivity index (χ4v) is 2.65. The summed E-state index contributed by atoms with van der Waals surface area (Å²) in [7, 11) is -1.11. The summed E-state index contributed by atoms with van der Waals surface area (Å²) in [6.45, 7) is 8.99. The minimum Gasteiger partial charge on any atom is -0.465 e. The lowest BCUT2D eigenvalue weighted by atomic mass is 9.96. The Balaban J connectivity index is 4.58. The third-order valence-electron chi connectivity index (χ3n) is 3.17. The predicted molar refractivity (Wildman–Crippen MR) is 85.1 cm³/mol. The number of hydrogen-bond donors (Lipinski definition) is 1. The van der Waals surface area contributed by atoms with Crippen LogP contribution in [0.25, 0.3) is 0 Å². The van der Waals surface area contributed by atoms with Gasteiger partial charge in [0.05, 0.1) is 12.4 Å². The maximum absolute atomic E-state index is 12.1. The Hall–Kier alpha value is -0.660. The second-order valence-corrected chi connectivity index (χ2v) is 8.29. The summed E-state index contributed by atoms with van der Waals surface area (Å²) in [5, 5.41) is 3.25. The van der Waals surface area contributed by atoms with Gasteiger partial charge in [-0.05, 0) is 41.2 Å². The largest absolute Gasteiger partial charge is 0.465 e. The van der Waals surface area contributed by atoms with Crippen LogP contribution in [0.4, 0.5) is 0 Å². The molecule has 0 radical (unpaired) electrons. The fourth-order valence-electron chi connectivity index (χ4n) is 2.01. The van der Waals surface area contributed by atoms with Crippen molar-refractivity contribution in [2.45, 2.75) is 45.7 Å². The number of rotatable bonds is 10. The normalized spacial score (nSPS) is 15.2. The van der Waals surface area contributed by atoms with Gasteiger partial charge in [-0.3, -0.25) is 10.1 Å². The van der Waals surface area contributed by atoms with E-state index in [2.05, 4.69) is 5.32 Å². The van der Waals surface area contributed by atoms with Gasteiger partial charge in [-0.25, -0.2) is 8.42 Å². The van der Waals surface area contributed by atoms with E-state index in [0.717, 1.165) is 0 Å². The van der Waals surface area contributed by atoms with E-state index in [4.69, 9.17) is 4.74 Å². The molecule has 0 fully saturated rings. The highest BCUT2D eigenvalue weighted by atomic mass is 32.2. The van der Waals surface area contributed by atoms with Crippen LogP contribution < -0.4 is 5.32 Å². The molecule has 0 saturated carbocycles. The van der Waals surface area contributed by atoms with Crippen LogP contribution in [-0.4, -0.2) is 69.6 Å². The van der Waals surface area contributed by atoms with Gasteiger partial charge in [0.25, 0.3) is 0 Å². The average Bonchev–Trinajstić information content (AvgIpc) is 2.32. The van der Waals surface area contributed by atoms with Crippen molar-refractivity contribution in [1.82, 2.24) is 10.2 Å². The number of sulfone groups is 1. The lowest BCUT2D eigenvalue weighted by Gasteiger charge is -2.32. The molecule has 0 bridgehead atoms. The highest BCUT2D eigenvalue weighted by molar-refractivity contribution is 7.90. The highest BCUT2D eigenvalue weighted by Gasteiger charge is 2.35. The molecule has 0 heterocycles. The number of carbonyl (C=O) groups is 1. The van der Waals surface area contributed by atoms with E-state index in [1.54, 1.807) is 6.92 Å². The maximum Gasteiger partial charge on any atom is 0.326 e. The van der Waals surface area contributed by atoms with Crippen LogP contribution in [0.2, 0.25) is 0 Å². The van der Waals surface area contributed by atoms with Crippen molar-refractivity contribution in [2.24, 2.45) is 0 Å². The van der Waals surface area contributed by atoms with Gasteiger partial charge >= 0.3 is 5.97 Å². The van der Waals surface area contributed by atoms with E-state index in [1.807, 2.05) is 32.7 Å². The second kappa shape index (κ2) is 8.70. The SMILES string of the molecule is CCOC(=O)C(C)(CCN(C)CCS(C)(=O)=O)NC(C)C. The van der Waals surface area contributed by atoms with Gasteiger partial charge < -0.3 is 9.64 Å². The molecule has 6 nitrogen and oxygen atoms in total. The van der Waals surface area contributed by atoms with Gasteiger partial charge in [0.2, 0.25) is 0 Å². The van der Waals surface area contributed by atoms with Crippen molar-refractivity contribution in [3.8, 4) is 0 Å². The van der Waals surface area contributed by atoms with Crippen LogP contribution in [0.3, 0.4) is 0 Å². The number of hydrogen-bond acceptors (Lipinski definition) is 6. The van der Waals surface area contributed by atoms with Crippen LogP contribution in [0.15, 0.2) is 0 Å². The standard InChI is InChI=1S/C14H30N2O4S/c1-7-20-13(17)14(4,15-12(2)3)8-9-16(5)10-11-21(6,18)19/h12,15H,7-11H2,1-6H3. The molecule has 0 rings (SSSR count). The first-order valence-electron chi connectivity index (χ1n) is 7.31. The summed E-state index contributed by atoms with van der Waals surface area (Å²) in [6, 6.07) is 0.153. The number of nitrogens with zero attached hydrogens (tertiary/aromatic N) is 1. The maximum atomic E-state index is 12.1. The van der Waals surface area contributed by atoms with Crippen molar-refractivity contribution < 1.29 is 17.9 Å². The number of esters is 1. The Morgan fingerprint density at radius 3 is 2.33 bits per heavy atom. The molecule has 0 aromatic carbocycles. The molecular weight excluding hydrogens is 292 g/mol. The summed E-state index contributed by atoms with van der Waals surface area (Å²) < 4.78 is 27.5. The molecule has 21 heavy (non-hydrogen) atoms. The van der Waals surface area contributed by atoms with Crippen LogP contribution in [0.5, 0.6) is 0 Å². The van der Waals surface area contributed by atoms with Crippen molar-refractivity contribution >= 4 is 15.8 Å². The Labute approximate surface area is 129 Å². The van der Waals surface area contributed by atoms with E-state index in [1.165, 1.54) is 6.26 Å². The molecule has 0 aliphatic carbocycles. The van der Waals surface area contributed by atoms with Gasteiger partial charge in [0.15, 0.2) is 0 Å². The zero-order valence-electron chi connectivity index (χ0n) is 14.1. The molecule has 1 unspecified atom stereocenters. The minimum absolute atomic E-state index is 0.122. The molecule has 126 valence electrons. The summed E-state index contributed by atoms with van der Waals surface area (Å²) in [5.41, 5.74) is -0.760. The van der Waals surface area contributed by atoms with E-state index in [9.17, 15) is 13.2 Å². The van der Waals surface area contributed by atoms with Crippen molar-refractivity contribution in [1.29, 1.82) is 0 Å². The number of nitrogens with one attached hydrogen (secondary N) is 1. The van der Waals surface area contributed by atoms with E-state index in [0.29, 0.717) is 26.1 Å². The fraction of sp³-hybridized carbons (Fsp3) is 0.929. The van der Waals surface area contributed by atoms with E-state index in [-0.39, 0.29) is 17.8 Å². The van der Waals surface area contributed by atoms with Gasteiger partial charge in [-0.2, -0.15) is 0 Å². The van der Waals surface area contributed by atoms with Gasteiger partial charge in [-0.15, -0.1) is 0 Å². The lowest BCUT2D eigenvalue weighted by molar-refractivity contribution is -0.151. The summed E-state index contributed by atoms with van der Waals surface area (Å²) >= 11 is 0. The van der Waals surface area contributed by atoms with Crippen LogP contribution >= 0.6 is 0 Å². The molecule has 1 atom stereocenters. The molecule has 0 spiro atoms. The summed E-state index contributed by atoms with van der Waals surface area (Å²) in [6.07, 6.45) is 1.79. The molecule has 0 aromatic heterocycles. The van der Waals surface area contributed by atoms with Gasteiger partial charge in [-0.1, -0.05) is 0 Å². The molecule has 0 aliphatic rings. The summed E-state index contributed by atoms with van der Waals surface area (Å²) in [5.74, 6) is -0.146. The first-order chi connectivity index (χ1) is 9.50. The smallest absolute Gasteiger partial charge is 0.326 e. The monoisotopic (exact) mass is 322 g/mol. The number of carbonyl (C=O) groups excluding carboxylic acids is 1. The Morgan fingerprint density at radius 1 is 1.33 bits per heavy atom. The molecule has 1 N–H and O–H groups in total. The first-order valence-corrected chi connectivity index (χ1v) is 9.37. The minimum atomic E-state index is -2.97. The Morgan fingerprint density at radius 2 is 1.90 bits per heavy atom. The first kappa shape index (κ1) is 20.3. The van der Waals surface area contributed by atoms with Crippen LogP contribution in [0, 0.1) is 0 Å². The molecule has 0 aliphatic heterocycles. The van der Waals surface area contributed by atoms with Crippen molar-refractivity contribution in [3.63, 3.8) is 0 Å². The molecule has 7 heteroatoms. The van der Waals surface area contributed by atoms with E-state index >= 15 is 0 Å². The van der Waals surface area contributed by atoms with Crippen LogP contribution in [-0.2, 0) is 19.4 Å². The molecule has 0 amide bonds. The Bertz CT molecular complexity index is 423. The van der Waals surface area contributed by atoms with Crippen molar-refractivity contribution in [2.75, 3.05) is 38.8 Å². The topological polar surface area (TPSA) is 75.7 Å². The van der Waals surface area contributed by atoms with Gasteiger partial charge in [0, 0.05) is 25.4 Å². The lowest BCUT2D eigenvalue weighted by Crippen LogP contribution is -2.54. The Kier molecular flexibility index (Phi) is 8.43. The molecule has 0 saturated heterocycles. The van der Waals surface area contributed by atoms with Crippen molar-refractivity contribution in [3.05, 3.63) is 0 Å². The zero-order valence-corrected chi connectivity index (χ0v) is 14.9. The zero-order chi connectivity index (χ0) is 16.7. The van der Waals surface area contributed by atoms with Gasteiger partial charge in [0.1, 0.15) is 15.4 Å². The third kappa shape index (κ3) is 9.06. The quantitative estimate of drug-likeness (QED) is 0.596. The van der Waals surface area contributed by atoms with Crippen LogP contribution in [0.1, 0.15) is 34.1 Å².